The first-order chi connectivity index (χ1) is 7.63. The summed E-state index contributed by atoms with van der Waals surface area (Å²) < 4.78 is 0. The van der Waals surface area contributed by atoms with Crippen molar-refractivity contribution in [1.82, 2.24) is 5.32 Å². The first kappa shape index (κ1) is 15.9. The molecule has 0 saturated heterocycles. The Morgan fingerprint density at radius 2 is 1.94 bits per heavy atom. The molecule has 17 heavy (non-hydrogen) atoms. The van der Waals surface area contributed by atoms with Crippen LogP contribution in [0.4, 0.5) is 0 Å². The number of nitrogens with one attached hydrogen (secondary N) is 1. The van der Waals surface area contributed by atoms with Crippen molar-refractivity contribution in [2.24, 2.45) is 5.73 Å². The zero-order chi connectivity index (χ0) is 12.0. The third-order valence-electron chi connectivity index (χ3n) is 2.60. The maximum Gasteiger partial charge on any atom is 0.231 e. The molecule has 3 nitrogen and oxygen atoms in total. The number of aryl methyl sites for hydroxylation is 1. The van der Waals surface area contributed by atoms with Gasteiger partial charge in [-0.3, -0.25) is 4.79 Å². The number of benzene rings is 1. The average molecular weight is 257 g/mol. The molecule has 0 fully saturated rings. The van der Waals surface area contributed by atoms with Crippen LogP contribution in [-0.4, -0.2) is 12.5 Å². The summed E-state index contributed by atoms with van der Waals surface area (Å²) in [5, 5.41) is 3.08. The topological polar surface area (TPSA) is 55.1 Å². The van der Waals surface area contributed by atoms with E-state index in [4.69, 9.17) is 5.73 Å². The van der Waals surface area contributed by atoms with Gasteiger partial charge in [0.05, 0.1) is 6.54 Å². The predicted molar refractivity (Wildman–Crippen MR) is 73.3 cm³/mol. The largest absolute Gasteiger partial charge is 0.369 e. The summed E-state index contributed by atoms with van der Waals surface area (Å²) in [6.07, 6.45) is 2.28. The number of rotatable bonds is 6. The van der Waals surface area contributed by atoms with Gasteiger partial charge < -0.3 is 11.1 Å². The smallest absolute Gasteiger partial charge is 0.231 e. The lowest BCUT2D eigenvalue weighted by molar-refractivity contribution is -0.117. The number of hydrogen-bond acceptors (Lipinski definition) is 2. The Labute approximate surface area is 109 Å². The van der Waals surface area contributed by atoms with E-state index in [2.05, 4.69) is 36.5 Å². The highest BCUT2D eigenvalue weighted by Crippen LogP contribution is 2.13. The molecular formula is C13H21ClN2O. The van der Waals surface area contributed by atoms with Gasteiger partial charge in [0, 0.05) is 6.04 Å². The quantitative estimate of drug-likeness (QED) is 0.820. The molecule has 1 amide bonds. The van der Waals surface area contributed by atoms with Gasteiger partial charge in [-0.15, -0.1) is 12.4 Å². The van der Waals surface area contributed by atoms with Gasteiger partial charge in [0.25, 0.3) is 0 Å². The van der Waals surface area contributed by atoms with E-state index in [9.17, 15) is 4.79 Å². The van der Waals surface area contributed by atoms with Gasteiger partial charge >= 0.3 is 0 Å². The van der Waals surface area contributed by atoms with E-state index in [0.717, 1.165) is 12.8 Å². The monoisotopic (exact) mass is 256 g/mol. The van der Waals surface area contributed by atoms with Gasteiger partial charge in [-0.1, -0.05) is 37.6 Å². The molecule has 96 valence electrons. The predicted octanol–water partition coefficient (Wildman–Crippen LogP) is 2.20. The second-order valence-corrected chi connectivity index (χ2v) is 4.06. The minimum absolute atomic E-state index is 0. The summed E-state index contributed by atoms with van der Waals surface area (Å²) in [4.78, 5) is 10.6. The van der Waals surface area contributed by atoms with E-state index in [1.54, 1.807) is 0 Å². The second kappa shape index (κ2) is 8.09. The van der Waals surface area contributed by atoms with Crippen LogP contribution in [0.15, 0.2) is 24.3 Å². The normalized spacial score (nSPS) is 11.6. The maximum atomic E-state index is 10.6. The molecule has 1 atom stereocenters. The lowest BCUT2D eigenvalue weighted by Gasteiger charge is -2.13. The van der Waals surface area contributed by atoms with Crippen molar-refractivity contribution in [1.29, 1.82) is 0 Å². The number of amides is 1. The molecule has 1 aromatic carbocycles. The van der Waals surface area contributed by atoms with Crippen LogP contribution in [0.25, 0.3) is 0 Å². The third kappa shape index (κ3) is 5.71. The fourth-order valence-corrected chi connectivity index (χ4v) is 1.63. The van der Waals surface area contributed by atoms with Crippen molar-refractivity contribution in [3.8, 4) is 0 Å². The van der Waals surface area contributed by atoms with E-state index in [-0.39, 0.29) is 30.9 Å². The van der Waals surface area contributed by atoms with E-state index in [1.165, 1.54) is 11.1 Å². The van der Waals surface area contributed by atoms with Crippen molar-refractivity contribution in [3.63, 3.8) is 0 Å². The van der Waals surface area contributed by atoms with Crippen LogP contribution in [0.1, 0.15) is 37.4 Å². The Bertz CT molecular complexity index is 338. The van der Waals surface area contributed by atoms with Crippen LogP contribution >= 0.6 is 12.4 Å². The minimum Gasteiger partial charge on any atom is -0.369 e. The van der Waals surface area contributed by atoms with Gasteiger partial charge in [0.1, 0.15) is 0 Å². The molecule has 0 saturated carbocycles. The maximum absolute atomic E-state index is 10.6. The van der Waals surface area contributed by atoms with Gasteiger partial charge in [0.15, 0.2) is 0 Å². The molecule has 0 heterocycles. The molecule has 1 unspecified atom stereocenters. The molecule has 3 N–H and O–H groups in total. The molecule has 0 aliphatic carbocycles. The summed E-state index contributed by atoms with van der Waals surface area (Å²) in [7, 11) is 0. The molecule has 0 aromatic heterocycles. The fourth-order valence-electron chi connectivity index (χ4n) is 1.63. The number of hydrogen-bond donors (Lipinski definition) is 2. The zero-order valence-electron chi connectivity index (χ0n) is 10.4. The van der Waals surface area contributed by atoms with Gasteiger partial charge in [0.2, 0.25) is 5.91 Å². The van der Waals surface area contributed by atoms with E-state index in [1.807, 2.05) is 6.92 Å². The standard InChI is InChI=1S/C13H20N2O.ClH/c1-3-4-11-5-7-12(8-6-11)10(2)15-9-13(14)16;/h5-8,10,15H,3-4,9H2,1-2H3,(H2,14,16);1H. The Hall–Kier alpha value is -1.06. The molecular weight excluding hydrogens is 236 g/mol. The molecule has 0 spiro atoms. The molecule has 0 bridgehead atoms. The van der Waals surface area contributed by atoms with Crippen LogP contribution in [0.5, 0.6) is 0 Å². The van der Waals surface area contributed by atoms with Gasteiger partial charge in [-0.2, -0.15) is 0 Å². The number of primary amides is 1. The van der Waals surface area contributed by atoms with E-state index < -0.39 is 0 Å². The highest BCUT2D eigenvalue weighted by atomic mass is 35.5. The highest BCUT2D eigenvalue weighted by Gasteiger charge is 2.05. The SMILES string of the molecule is CCCc1ccc(C(C)NCC(N)=O)cc1.Cl. The lowest BCUT2D eigenvalue weighted by atomic mass is 10.0. The Morgan fingerprint density at radius 1 is 1.35 bits per heavy atom. The second-order valence-electron chi connectivity index (χ2n) is 4.06. The minimum atomic E-state index is -0.325. The average Bonchev–Trinajstić information content (AvgIpc) is 2.27. The summed E-state index contributed by atoms with van der Waals surface area (Å²) >= 11 is 0. The summed E-state index contributed by atoms with van der Waals surface area (Å²) in [6, 6.07) is 8.64. The molecule has 0 radical (unpaired) electrons. The zero-order valence-corrected chi connectivity index (χ0v) is 11.2. The fraction of sp³-hybridized carbons (Fsp3) is 0.462. The van der Waals surface area contributed by atoms with Crippen LogP contribution in [0.3, 0.4) is 0 Å². The van der Waals surface area contributed by atoms with Crippen molar-refractivity contribution < 1.29 is 4.79 Å². The number of halogens is 1. The van der Waals surface area contributed by atoms with Gasteiger partial charge in [-0.05, 0) is 24.5 Å². The Morgan fingerprint density at radius 3 is 2.41 bits per heavy atom. The van der Waals surface area contributed by atoms with Crippen molar-refractivity contribution >= 4 is 18.3 Å². The summed E-state index contributed by atoms with van der Waals surface area (Å²) in [5.41, 5.74) is 7.62. The summed E-state index contributed by atoms with van der Waals surface area (Å²) in [6.45, 7) is 4.42. The van der Waals surface area contributed by atoms with Crippen LogP contribution in [0.2, 0.25) is 0 Å². The number of nitrogens with two attached hydrogens (primary N) is 1. The Kier molecular flexibility index (Phi) is 7.59. The molecule has 1 aromatic rings. The van der Waals surface area contributed by atoms with Crippen molar-refractivity contribution in [3.05, 3.63) is 35.4 Å². The molecule has 0 aliphatic rings. The molecule has 0 aliphatic heterocycles. The molecule has 1 rings (SSSR count). The van der Waals surface area contributed by atoms with E-state index in [0.29, 0.717) is 0 Å². The molecule has 4 heteroatoms. The van der Waals surface area contributed by atoms with Crippen LogP contribution < -0.4 is 11.1 Å². The van der Waals surface area contributed by atoms with Crippen LogP contribution in [-0.2, 0) is 11.2 Å². The lowest BCUT2D eigenvalue weighted by Crippen LogP contribution is -2.30. The number of carbonyl (C=O) groups excluding carboxylic acids is 1. The highest BCUT2D eigenvalue weighted by molar-refractivity contribution is 5.85. The first-order valence-corrected chi connectivity index (χ1v) is 5.74. The van der Waals surface area contributed by atoms with Crippen molar-refractivity contribution in [2.45, 2.75) is 32.7 Å². The van der Waals surface area contributed by atoms with E-state index >= 15 is 0 Å². The third-order valence-corrected chi connectivity index (χ3v) is 2.60. The van der Waals surface area contributed by atoms with Crippen molar-refractivity contribution in [2.75, 3.05) is 6.54 Å². The Balaban J connectivity index is 0.00000256. The van der Waals surface area contributed by atoms with Gasteiger partial charge in [-0.25, -0.2) is 0 Å². The van der Waals surface area contributed by atoms with Crippen LogP contribution in [0, 0.1) is 0 Å². The number of carbonyl (C=O) groups is 1. The summed E-state index contributed by atoms with van der Waals surface area (Å²) in [5.74, 6) is -0.325. The first-order valence-electron chi connectivity index (χ1n) is 5.74.